The fourth-order valence-corrected chi connectivity index (χ4v) is 3.95. The molecule has 7 nitrogen and oxygen atoms in total. The zero-order chi connectivity index (χ0) is 22.9. The Labute approximate surface area is 189 Å². The van der Waals surface area contributed by atoms with Gasteiger partial charge in [0.15, 0.2) is 24.7 Å². The summed E-state index contributed by atoms with van der Waals surface area (Å²) in [4.78, 5) is 26.1. The van der Waals surface area contributed by atoms with E-state index >= 15 is 0 Å². The first kappa shape index (κ1) is 23.4. The average Bonchev–Trinajstić information content (AvgIpc) is 2.81. The van der Waals surface area contributed by atoms with E-state index in [0.717, 1.165) is 36.8 Å². The number of amides is 2. The van der Waals surface area contributed by atoms with Crippen LogP contribution in [0, 0.1) is 6.92 Å². The lowest BCUT2D eigenvalue weighted by Crippen LogP contribution is -2.43. The maximum Gasteiger partial charge on any atom is 0.261 e. The molecule has 2 amide bonds. The second-order valence-electron chi connectivity index (χ2n) is 8.16. The molecule has 0 spiro atoms. The molecule has 0 atom stereocenters. The van der Waals surface area contributed by atoms with E-state index in [2.05, 4.69) is 0 Å². The molecule has 0 unspecified atom stereocenters. The Kier molecular flexibility index (Phi) is 8.36. The SMILES string of the molecule is COc1cc(CN(C(=O)COc2ccc(C)cc2)C2CCCCC2)ccc1OCC(N)=O. The molecule has 0 aromatic heterocycles. The summed E-state index contributed by atoms with van der Waals surface area (Å²) < 4.78 is 16.6. The van der Waals surface area contributed by atoms with Crippen molar-refractivity contribution in [2.75, 3.05) is 20.3 Å². The number of carbonyl (C=O) groups is 2. The van der Waals surface area contributed by atoms with E-state index in [9.17, 15) is 9.59 Å². The van der Waals surface area contributed by atoms with Crippen molar-refractivity contribution in [2.45, 2.75) is 51.6 Å². The Morgan fingerprint density at radius 2 is 1.69 bits per heavy atom. The van der Waals surface area contributed by atoms with E-state index in [1.54, 1.807) is 6.07 Å². The highest BCUT2D eigenvalue weighted by atomic mass is 16.5. The van der Waals surface area contributed by atoms with Gasteiger partial charge in [-0.2, -0.15) is 0 Å². The van der Waals surface area contributed by atoms with Crippen molar-refractivity contribution in [3.8, 4) is 17.2 Å². The maximum atomic E-state index is 13.2. The zero-order valence-corrected chi connectivity index (χ0v) is 18.8. The molecule has 0 aliphatic heterocycles. The average molecular weight is 441 g/mol. The van der Waals surface area contributed by atoms with E-state index in [1.807, 2.05) is 48.2 Å². The minimum absolute atomic E-state index is 0.00347. The van der Waals surface area contributed by atoms with Gasteiger partial charge in [-0.1, -0.05) is 43.0 Å². The van der Waals surface area contributed by atoms with Crippen molar-refractivity contribution < 1.29 is 23.8 Å². The molecule has 172 valence electrons. The summed E-state index contributed by atoms with van der Waals surface area (Å²) in [5, 5.41) is 0. The Bertz CT molecular complexity index is 907. The van der Waals surface area contributed by atoms with Crippen molar-refractivity contribution in [1.82, 2.24) is 4.90 Å². The highest BCUT2D eigenvalue weighted by Gasteiger charge is 2.26. The third-order valence-electron chi connectivity index (χ3n) is 5.67. The van der Waals surface area contributed by atoms with Gasteiger partial charge in [0.2, 0.25) is 0 Å². The van der Waals surface area contributed by atoms with E-state index in [-0.39, 0.29) is 25.2 Å². The first-order chi connectivity index (χ1) is 15.5. The molecule has 1 aliphatic carbocycles. The summed E-state index contributed by atoms with van der Waals surface area (Å²) >= 11 is 0. The number of hydrogen-bond donors (Lipinski definition) is 1. The van der Waals surface area contributed by atoms with Gasteiger partial charge in [0.05, 0.1) is 7.11 Å². The minimum atomic E-state index is -0.557. The van der Waals surface area contributed by atoms with Gasteiger partial charge in [-0.05, 0) is 49.6 Å². The summed E-state index contributed by atoms with van der Waals surface area (Å²) in [6.45, 7) is 2.24. The molecule has 2 aromatic carbocycles. The third-order valence-corrected chi connectivity index (χ3v) is 5.67. The molecule has 0 heterocycles. The number of nitrogens with zero attached hydrogens (tertiary/aromatic N) is 1. The number of hydrogen-bond acceptors (Lipinski definition) is 5. The van der Waals surface area contributed by atoms with Crippen molar-refractivity contribution >= 4 is 11.8 Å². The van der Waals surface area contributed by atoms with Crippen LogP contribution in [0.4, 0.5) is 0 Å². The molecule has 1 fully saturated rings. The van der Waals surface area contributed by atoms with E-state index in [1.165, 1.54) is 13.5 Å². The van der Waals surface area contributed by atoms with Crippen LogP contribution >= 0.6 is 0 Å². The van der Waals surface area contributed by atoms with Crippen LogP contribution in [0.25, 0.3) is 0 Å². The number of methoxy groups -OCH3 is 1. The lowest BCUT2D eigenvalue weighted by molar-refractivity contribution is -0.137. The van der Waals surface area contributed by atoms with Gasteiger partial charge in [0.25, 0.3) is 11.8 Å². The molecule has 32 heavy (non-hydrogen) atoms. The molecule has 1 saturated carbocycles. The smallest absolute Gasteiger partial charge is 0.261 e. The molecular weight excluding hydrogens is 408 g/mol. The third kappa shape index (κ3) is 6.64. The van der Waals surface area contributed by atoms with Gasteiger partial charge in [-0.3, -0.25) is 9.59 Å². The van der Waals surface area contributed by atoms with Crippen molar-refractivity contribution in [1.29, 1.82) is 0 Å². The topological polar surface area (TPSA) is 91.1 Å². The van der Waals surface area contributed by atoms with Crippen LogP contribution < -0.4 is 19.9 Å². The zero-order valence-electron chi connectivity index (χ0n) is 18.8. The van der Waals surface area contributed by atoms with E-state index in [0.29, 0.717) is 23.8 Å². The molecule has 0 bridgehead atoms. The molecule has 0 saturated heterocycles. The quantitative estimate of drug-likeness (QED) is 0.609. The summed E-state index contributed by atoms with van der Waals surface area (Å²) in [6.07, 6.45) is 5.44. The first-order valence-corrected chi connectivity index (χ1v) is 11.0. The Morgan fingerprint density at radius 3 is 2.34 bits per heavy atom. The number of primary amides is 1. The van der Waals surface area contributed by atoms with Crippen molar-refractivity contribution in [3.63, 3.8) is 0 Å². The molecule has 2 aromatic rings. The Balaban J connectivity index is 1.72. The second-order valence-corrected chi connectivity index (χ2v) is 8.16. The number of carbonyl (C=O) groups excluding carboxylic acids is 2. The predicted molar refractivity (Wildman–Crippen MR) is 122 cm³/mol. The van der Waals surface area contributed by atoms with Crippen LogP contribution in [0.3, 0.4) is 0 Å². The molecule has 7 heteroatoms. The summed E-state index contributed by atoms with van der Waals surface area (Å²) in [7, 11) is 1.54. The highest BCUT2D eigenvalue weighted by Crippen LogP contribution is 2.30. The molecule has 0 radical (unpaired) electrons. The van der Waals surface area contributed by atoms with Crippen LogP contribution in [-0.4, -0.2) is 43.1 Å². The van der Waals surface area contributed by atoms with Gasteiger partial charge in [0.1, 0.15) is 5.75 Å². The van der Waals surface area contributed by atoms with Crippen LogP contribution in [0.5, 0.6) is 17.2 Å². The number of aryl methyl sites for hydroxylation is 1. The summed E-state index contributed by atoms with van der Waals surface area (Å²) in [5.41, 5.74) is 7.22. The fraction of sp³-hybridized carbons (Fsp3) is 0.440. The Morgan fingerprint density at radius 1 is 0.969 bits per heavy atom. The molecule has 2 N–H and O–H groups in total. The molecular formula is C25H32N2O5. The molecule has 1 aliphatic rings. The Hall–Kier alpha value is -3.22. The summed E-state index contributed by atoms with van der Waals surface area (Å²) in [6, 6.07) is 13.3. The number of nitrogens with two attached hydrogens (primary N) is 1. The first-order valence-electron chi connectivity index (χ1n) is 11.0. The normalized spacial score (nSPS) is 13.9. The second kappa shape index (κ2) is 11.4. The summed E-state index contributed by atoms with van der Waals surface area (Å²) in [5.74, 6) is 1.03. The van der Waals surface area contributed by atoms with Gasteiger partial charge in [0, 0.05) is 12.6 Å². The standard InChI is InChI=1S/C25H32N2O5/c1-18-8-11-21(12-9-18)31-17-25(29)27(20-6-4-3-5-7-20)15-19-10-13-22(23(14-19)30-2)32-16-24(26)28/h8-14,20H,3-7,15-17H2,1-2H3,(H2,26,28). The largest absolute Gasteiger partial charge is 0.493 e. The van der Waals surface area contributed by atoms with Crippen molar-refractivity contribution in [2.24, 2.45) is 5.73 Å². The maximum absolute atomic E-state index is 13.2. The lowest BCUT2D eigenvalue weighted by atomic mass is 9.93. The van der Waals surface area contributed by atoms with E-state index < -0.39 is 5.91 Å². The van der Waals surface area contributed by atoms with Crippen LogP contribution in [0.1, 0.15) is 43.2 Å². The van der Waals surface area contributed by atoms with Gasteiger partial charge in [-0.25, -0.2) is 0 Å². The number of rotatable bonds is 10. The molecule has 3 rings (SSSR count). The monoisotopic (exact) mass is 440 g/mol. The fourth-order valence-electron chi connectivity index (χ4n) is 3.95. The van der Waals surface area contributed by atoms with Crippen molar-refractivity contribution in [3.05, 3.63) is 53.6 Å². The minimum Gasteiger partial charge on any atom is -0.493 e. The predicted octanol–water partition coefficient (Wildman–Crippen LogP) is 3.61. The van der Waals surface area contributed by atoms with E-state index in [4.69, 9.17) is 19.9 Å². The van der Waals surface area contributed by atoms with Crippen LogP contribution in [0.15, 0.2) is 42.5 Å². The van der Waals surface area contributed by atoms with Gasteiger partial charge < -0.3 is 24.8 Å². The van der Waals surface area contributed by atoms with Crippen LogP contribution in [-0.2, 0) is 16.1 Å². The lowest BCUT2D eigenvalue weighted by Gasteiger charge is -2.34. The van der Waals surface area contributed by atoms with Gasteiger partial charge in [-0.15, -0.1) is 0 Å². The van der Waals surface area contributed by atoms with Crippen LogP contribution in [0.2, 0.25) is 0 Å². The number of ether oxygens (including phenoxy) is 3. The van der Waals surface area contributed by atoms with Gasteiger partial charge >= 0.3 is 0 Å². The highest BCUT2D eigenvalue weighted by molar-refractivity contribution is 5.78. The number of benzene rings is 2.